The van der Waals surface area contributed by atoms with Crippen molar-refractivity contribution in [1.82, 2.24) is 10.2 Å². The number of nitrogens with one attached hydrogen (secondary N) is 1. The molecule has 25 heavy (non-hydrogen) atoms. The van der Waals surface area contributed by atoms with Crippen LogP contribution in [0.15, 0.2) is 29.8 Å². The molecule has 2 amide bonds. The fourth-order valence-electron chi connectivity index (χ4n) is 3.31. The Labute approximate surface area is 148 Å². The summed E-state index contributed by atoms with van der Waals surface area (Å²) in [6, 6.07) is 7.70. The lowest BCUT2D eigenvalue weighted by Crippen LogP contribution is -2.39. The summed E-state index contributed by atoms with van der Waals surface area (Å²) in [4.78, 5) is 25.7. The van der Waals surface area contributed by atoms with Crippen LogP contribution in [0, 0.1) is 5.92 Å². The van der Waals surface area contributed by atoms with Crippen LogP contribution in [0.5, 0.6) is 5.75 Å². The lowest BCUT2D eigenvalue weighted by atomic mass is 9.96. The molecule has 0 unspecified atom stereocenters. The molecule has 6 heteroatoms. The normalized spacial score (nSPS) is 18.0. The summed E-state index contributed by atoms with van der Waals surface area (Å²) in [5.74, 6) is 0.592. The highest BCUT2D eigenvalue weighted by molar-refractivity contribution is 5.99. The number of para-hydroxylation sites is 1. The van der Waals surface area contributed by atoms with Gasteiger partial charge in [0.15, 0.2) is 0 Å². The molecule has 0 atom stereocenters. The third-order valence-electron chi connectivity index (χ3n) is 4.85. The van der Waals surface area contributed by atoms with Gasteiger partial charge in [-0.15, -0.1) is 0 Å². The number of piperidine rings is 1. The average molecular weight is 343 g/mol. The first kappa shape index (κ1) is 17.5. The molecule has 1 aromatic carbocycles. The number of benzene rings is 1. The van der Waals surface area contributed by atoms with E-state index in [1.807, 2.05) is 30.3 Å². The summed E-state index contributed by atoms with van der Waals surface area (Å²) in [5, 5.41) is 2.96. The molecule has 2 aliphatic rings. The number of nitrogens with two attached hydrogens (primary N) is 1. The molecule has 1 saturated heterocycles. The van der Waals surface area contributed by atoms with Gasteiger partial charge in [-0.05, 0) is 51.0 Å². The van der Waals surface area contributed by atoms with Gasteiger partial charge in [-0.2, -0.15) is 0 Å². The number of rotatable bonds is 6. The van der Waals surface area contributed by atoms with Crippen molar-refractivity contribution in [2.45, 2.75) is 19.3 Å². The minimum atomic E-state index is -0.184. The summed E-state index contributed by atoms with van der Waals surface area (Å²) in [6.07, 6.45) is 4.46. The van der Waals surface area contributed by atoms with E-state index in [0.29, 0.717) is 18.7 Å². The SMILES string of the molecule is NC(=O)C1CCN(CCCNC(=O)C2=Cc3ccccc3OC2)CC1. The van der Waals surface area contributed by atoms with Gasteiger partial charge in [-0.3, -0.25) is 9.59 Å². The number of amides is 2. The van der Waals surface area contributed by atoms with Crippen molar-refractivity contribution >= 4 is 17.9 Å². The van der Waals surface area contributed by atoms with E-state index in [1.165, 1.54) is 0 Å². The van der Waals surface area contributed by atoms with Gasteiger partial charge in [-0.25, -0.2) is 0 Å². The van der Waals surface area contributed by atoms with Crippen molar-refractivity contribution in [2.24, 2.45) is 11.7 Å². The third kappa shape index (κ3) is 4.60. The molecule has 2 heterocycles. The first-order chi connectivity index (χ1) is 12.1. The molecule has 134 valence electrons. The average Bonchev–Trinajstić information content (AvgIpc) is 2.65. The van der Waals surface area contributed by atoms with Crippen LogP contribution in [-0.2, 0) is 9.59 Å². The van der Waals surface area contributed by atoms with E-state index >= 15 is 0 Å². The van der Waals surface area contributed by atoms with E-state index in [-0.39, 0.29) is 17.7 Å². The molecule has 0 aromatic heterocycles. The largest absolute Gasteiger partial charge is 0.488 e. The second-order valence-electron chi connectivity index (χ2n) is 6.62. The van der Waals surface area contributed by atoms with Gasteiger partial charge < -0.3 is 20.7 Å². The predicted molar refractivity (Wildman–Crippen MR) is 95.9 cm³/mol. The molecule has 0 aliphatic carbocycles. The van der Waals surface area contributed by atoms with Crippen LogP contribution in [-0.4, -0.2) is 49.5 Å². The molecule has 0 bridgehead atoms. The van der Waals surface area contributed by atoms with Gasteiger partial charge >= 0.3 is 0 Å². The number of hydrogen-bond acceptors (Lipinski definition) is 4. The monoisotopic (exact) mass is 343 g/mol. The first-order valence-electron chi connectivity index (χ1n) is 8.86. The van der Waals surface area contributed by atoms with E-state index < -0.39 is 0 Å². The van der Waals surface area contributed by atoms with Crippen molar-refractivity contribution in [2.75, 3.05) is 32.8 Å². The molecule has 0 saturated carbocycles. The lowest BCUT2D eigenvalue weighted by Gasteiger charge is -2.30. The summed E-state index contributed by atoms with van der Waals surface area (Å²) in [7, 11) is 0. The Morgan fingerprint density at radius 1 is 1.24 bits per heavy atom. The highest BCUT2D eigenvalue weighted by Gasteiger charge is 2.22. The van der Waals surface area contributed by atoms with Crippen LogP contribution in [0.25, 0.3) is 6.08 Å². The Bertz CT molecular complexity index is 664. The zero-order valence-electron chi connectivity index (χ0n) is 14.4. The van der Waals surface area contributed by atoms with Crippen LogP contribution in [0.2, 0.25) is 0 Å². The van der Waals surface area contributed by atoms with Crippen LogP contribution in [0.4, 0.5) is 0 Å². The van der Waals surface area contributed by atoms with Crippen LogP contribution in [0.1, 0.15) is 24.8 Å². The minimum absolute atomic E-state index is 0.0251. The zero-order chi connectivity index (χ0) is 17.6. The van der Waals surface area contributed by atoms with Gasteiger partial charge in [0.2, 0.25) is 5.91 Å². The highest BCUT2D eigenvalue weighted by atomic mass is 16.5. The molecule has 0 radical (unpaired) electrons. The van der Waals surface area contributed by atoms with Gasteiger partial charge in [-0.1, -0.05) is 18.2 Å². The fourth-order valence-corrected chi connectivity index (χ4v) is 3.31. The van der Waals surface area contributed by atoms with E-state index in [2.05, 4.69) is 10.2 Å². The number of carbonyl (C=O) groups excluding carboxylic acids is 2. The molecule has 3 N–H and O–H groups in total. The number of primary amides is 1. The molecule has 2 aliphatic heterocycles. The zero-order valence-corrected chi connectivity index (χ0v) is 14.4. The Balaban J connectivity index is 1.38. The molecule has 0 spiro atoms. The summed E-state index contributed by atoms with van der Waals surface area (Å²) in [5.41, 5.74) is 6.94. The highest BCUT2D eigenvalue weighted by Crippen LogP contribution is 2.25. The van der Waals surface area contributed by atoms with E-state index in [0.717, 1.165) is 50.2 Å². The quantitative estimate of drug-likeness (QED) is 0.759. The standard InChI is InChI=1S/C19H25N3O3/c20-18(23)14-6-10-22(11-7-14)9-3-8-21-19(24)16-12-15-4-1-2-5-17(15)25-13-16/h1-2,4-5,12,14H,3,6-11,13H2,(H2,20,23)(H,21,24). The number of carbonyl (C=O) groups is 2. The van der Waals surface area contributed by atoms with Crippen molar-refractivity contribution in [3.05, 3.63) is 35.4 Å². The molecule has 3 rings (SSSR count). The van der Waals surface area contributed by atoms with Crippen molar-refractivity contribution in [3.8, 4) is 5.75 Å². The first-order valence-corrected chi connectivity index (χ1v) is 8.86. The van der Waals surface area contributed by atoms with Crippen LogP contribution < -0.4 is 15.8 Å². The van der Waals surface area contributed by atoms with Crippen molar-refractivity contribution in [1.29, 1.82) is 0 Å². The Kier molecular flexibility index (Phi) is 5.71. The topological polar surface area (TPSA) is 84.7 Å². The summed E-state index contributed by atoms with van der Waals surface area (Å²) in [6.45, 7) is 3.66. The Hall–Kier alpha value is -2.34. The van der Waals surface area contributed by atoms with Gasteiger partial charge in [0, 0.05) is 18.0 Å². The minimum Gasteiger partial charge on any atom is -0.488 e. The molecular formula is C19H25N3O3. The van der Waals surface area contributed by atoms with Gasteiger partial charge in [0.05, 0.1) is 5.57 Å². The number of fused-ring (bicyclic) bond motifs is 1. The van der Waals surface area contributed by atoms with Crippen LogP contribution in [0.3, 0.4) is 0 Å². The molecular weight excluding hydrogens is 318 g/mol. The molecule has 6 nitrogen and oxygen atoms in total. The van der Waals surface area contributed by atoms with E-state index in [4.69, 9.17) is 10.5 Å². The predicted octanol–water partition coefficient (Wildman–Crippen LogP) is 1.17. The van der Waals surface area contributed by atoms with Crippen LogP contribution >= 0.6 is 0 Å². The molecule has 1 aromatic rings. The molecule has 1 fully saturated rings. The third-order valence-corrected chi connectivity index (χ3v) is 4.85. The number of hydrogen-bond donors (Lipinski definition) is 2. The fraction of sp³-hybridized carbons (Fsp3) is 0.474. The maximum absolute atomic E-state index is 12.3. The number of ether oxygens (including phenoxy) is 1. The van der Waals surface area contributed by atoms with Gasteiger partial charge in [0.1, 0.15) is 12.4 Å². The lowest BCUT2D eigenvalue weighted by molar-refractivity contribution is -0.123. The van der Waals surface area contributed by atoms with Crippen molar-refractivity contribution in [3.63, 3.8) is 0 Å². The second kappa shape index (κ2) is 8.16. The smallest absolute Gasteiger partial charge is 0.250 e. The summed E-state index contributed by atoms with van der Waals surface area (Å²) >= 11 is 0. The Morgan fingerprint density at radius 3 is 2.76 bits per heavy atom. The maximum atomic E-state index is 12.3. The van der Waals surface area contributed by atoms with E-state index in [9.17, 15) is 9.59 Å². The number of likely N-dealkylation sites (tertiary alicyclic amines) is 1. The number of nitrogens with zero attached hydrogens (tertiary/aromatic N) is 1. The summed E-state index contributed by atoms with van der Waals surface area (Å²) < 4.78 is 5.61. The second-order valence-corrected chi connectivity index (χ2v) is 6.62. The Morgan fingerprint density at radius 2 is 2.00 bits per heavy atom. The van der Waals surface area contributed by atoms with Crippen molar-refractivity contribution < 1.29 is 14.3 Å². The van der Waals surface area contributed by atoms with E-state index in [1.54, 1.807) is 0 Å². The maximum Gasteiger partial charge on any atom is 0.250 e. The van der Waals surface area contributed by atoms with Gasteiger partial charge in [0.25, 0.3) is 5.91 Å².